The maximum absolute atomic E-state index is 5.53. The second-order valence-corrected chi connectivity index (χ2v) is 5.31. The van der Waals surface area contributed by atoms with Crippen LogP contribution in [0.4, 0.5) is 0 Å². The van der Waals surface area contributed by atoms with Gasteiger partial charge in [-0.2, -0.15) is 0 Å². The van der Waals surface area contributed by atoms with Gasteiger partial charge in [-0.05, 0) is 32.9 Å². The number of hydrogen-bond donors (Lipinski definition) is 0. The summed E-state index contributed by atoms with van der Waals surface area (Å²) in [7, 11) is 1.73. The highest BCUT2D eigenvalue weighted by atomic mass is 32.2. The maximum Gasteiger partial charge on any atom is 0.0645 e. The van der Waals surface area contributed by atoms with E-state index in [9.17, 15) is 0 Å². The first-order chi connectivity index (χ1) is 7.53. The summed E-state index contributed by atoms with van der Waals surface area (Å²) in [5, 5.41) is 0. The van der Waals surface area contributed by atoms with E-state index < -0.39 is 0 Å². The average Bonchev–Trinajstić information content (AvgIpc) is 2.27. The van der Waals surface area contributed by atoms with E-state index in [1.807, 2.05) is 0 Å². The topological polar surface area (TPSA) is 18.5 Å². The Morgan fingerprint density at radius 3 is 2.38 bits per heavy atom. The van der Waals surface area contributed by atoms with Crippen molar-refractivity contribution in [2.45, 2.75) is 37.7 Å². The van der Waals surface area contributed by atoms with E-state index in [4.69, 9.17) is 8.92 Å². The first-order valence-electron chi connectivity index (χ1n) is 5.45. The Morgan fingerprint density at radius 1 is 1.19 bits per heavy atom. The Kier molecular flexibility index (Phi) is 5.32. The monoisotopic (exact) mass is 240 g/mol. The van der Waals surface area contributed by atoms with Gasteiger partial charge in [-0.3, -0.25) is 0 Å². The van der Waals surface area contributed by atoms with Crippen LogP contribution in [0.25, 0.3) is 0 Å². The van der Waals surface area contributed by atoms with Crippen LogP contribution in [0.2, 0.25) is 0 Å². The number of rotatable bonds is 6. The lowest BCUT2D eigenvalue weighted by Gasteiger charge is -2.22. The van der Waals surface area contributed by atoms with Crippen LogP contribution < -0.4 is 0 Å². The molecule has 0 amide bonds. The van der Waals surface area contributed by atoms with Crippen LogP contribution in [-0.2, 0) is 8.92 Å². The van der Waals surface area contributed by atoms with E-state index in [2.05, 4.69) is 45.0 Å². The quantitative estimate of drug-likeness (QED) is 0.556. The Hall–Kier alpha value is -0.510. The Morgan fingerprint density at radius 2 is 1.81 bits per heavy atom. The molecule has 0 aliphatic carbocycles. The Balaban J connectivity index is 2.23. The summed E-state index contributed by atoms with van der Waals surface area (Å²) in [6.07, 6.45) is 0.891. The zero-order valence-corrected chi connectivity index (χ0v) is 11.3. The molecule has 0 saturated heterocycles. The largest absolute Gasteiger partial charge is 0.379 e. The van der Waals surface area contributed by atoms with E-state index in [0.717, 1.165) is 11.3 Å². The molecular formula is C13H20O2S. The molecule has 0 heterocycles. The highest BCUT2D eigenvalue weighted by Crippen LogP contribution is 2.21. The fourth-order valence-corrected chi connectivity index (χ4v) is 1.64. The number of benzene rings is 1. The van der Waals surface area contributed by atoms with E-state index in [0.29, 0.717) is 6.61 Å². The van der Waals surface area contributed by atoms with Crippen molar-refractivity contribution >= 4 is 12.0 Å². The molecule has 0 saturated carbocycles. The molecule has 90 valence electrons. The summed E-state index contributed by atoms with van der Waals surface area (Å²) in [5.74, 6) is 0. The van der Waals surface area contributed by atoms with Gasteiger partial charge in [0.25, 0.3) is 0 Å². The van der Waals surface area contributed by atoms with E-state index >= 15 is 0 Å². The predicted octanol–water partition coefficient (Wildman–Crippen LogP) is 3.83. The molecule has 0 aromatic heterocycles. The number of ether oxygens (including phenoxy) is 1. The molecule has 0 fully saturated rings. The molecule has 1 aromatic rings. The minimum Gasteiger partial charge on any atom is -0.379 e. The van der Waals surface area contributed by atoms with Crippen LogP contribution in [-0.4, -0.2) is 19.3 Å². The van der Waals surface area contributed by atoms with Crippen molar-refractivity contribution in [3.05, 3.63) is 29.8 Å². The van der Waals surface area contributed by atoms with Crippen LogP contribution in [0, 0.1) is 6.92 Å². The van der Waals surface area contributed by atoms with Crippen LogP contribution >= 0.6 is 12.0 Å². The third kappa shape index (κ3) is 5.01. The first-order valence-corrected chi connectivity index (χ1v) is 6.19. The Bertz CT molecular complexity index is 306. The van der Waals surface area contributed by atoms with Gasteiger partial charge in [-0.15, -0.1) is 0 Å². The molecule has 2 nitrogen and oxygen atoms in total. The highest BCUT2D eigenvalue weighted by Gasteiger charge is 2.15. The Labute approximate surface area is 103 Å². The average molecular weight is 240 g/mol. The summed E-state index contributed by atoms with van der Waals surface area (Å²) in [6.45, 7) is 6.90. The lowest BCUT2D eigenvalue weighted by Crippen LogP contribution is -2.23. The first kappa shape index (κ1) is 13.6. The van der Waals surface area contributed by atoms with E-state index in [1.54, 1.807) is 7.11 Å². The standard InChI is InChI=1S/C13H20O2S/c1-11-5-7-12(8-6-11)16-15-10-9-13(2,3)14-4/h5-8H,9-10H2,1-4H3. The van der Waals surface area contributed by atoms with Crippen LogP contribution in [0.3, 0.4) is 0 Å². The van der Waals surface area contributed by atoms with Gasteiger partial charge in [0.15, 0.2) is 0 Å². The van der Waals surface area contributed by atoms with Crippen molar-refractivity contribution in [3.8, 4) is 0 Å². The summed E-state index contributed by atoms with van der Waals surface area (Å²) in [4.78, 5) is 1.14. The second-order valence-electron chi connectivity index (χ2n) is 4.43. The van der Waals surface area contributed by atoms with Gasteiger partial charge in [0.2, 0.25) is 0 Å². The van der Waals surface area contributed by atoms with Gasteiger partial charge in [-0.1, -0.05) is 17.7 Å². The van der Waals surface area contributed by atoms with Crippen molar-refractivity contribution in [2.75, 3.05) is 13.7 Å². The molecule has 16 heavy (non-hydrogen) atoms. The van der Waals surface area contributed by atoms with Crippen molar-refractivity contribution < 1.29 is 8.92 Å². The van der Waals surface area contributed by atoms with Gasteiger partial charge < -0.3 is 8.92 Å². The fraction of sp³-hybridized carbons (Fsp3) is 0.538. The molecule has 0 atom stereocenters. The number of methoxy groups -OCH3 is 1. The normalized spacial score (nSPS) is 11.8. The maximum atomic E-state index is 5.53. The lowest BCUT2D eigenvalue weighted by atomic mass is 10.1. The smallest absolute Gasteiger partial charge is 0.0645 e. The SMILES string of the molecule is COC(C)(C)CCOSc1ccc(C)cc1. The lowest BCUT2D eigenvalue weighted by molar-refractivity contribution is 0.00714. The van der Waals surface area contributed by atoms with Gasteiger partial charge in [-0.25, -0.2) is 0 Å². The van der Waals surface area contributed by atoms with Gasteiger partial charge in [0.1, 0.15) is 0 Å². The van der Waals surface area contributed by atoms with Crippen LogP contribution in [0.5, 0.6) is 0 Å². The summed E-state index contributed by atoms with van der Waals surface area (Å²) < 4.78 is 10.9. The van der Waals surface area contributed by atoms with Crippen molar-refractivity contribution in [1.82, 2.24) is 0 Å². The minimum absolute atomic E-state index is 0.103. The van der Waals surface area contributed by atoms with Gasteiger partial charge in [0.05, 0.1) is 12.2 Å². The molecular weight excluding hydrogens is 220 g/mol. The second kappa shape index (κ2) is 6.28. The molecule has 0 radical (unpaired) electrons. The van der Waals surface area contributed by atoms with Crippen LogP contribution in [0.1, 0.15) is 25.8 Å². The molecule has 0 bridgehead atoms. The number of hydrogen-bond acceptors (Lipinski definition) is 3. The molecule has 3 heteroatoms. The van der Waals surface area contributed by atoms with Crippen molar-refractivity contribution in [1.29, 1.82) is 0 Å². The summed E-state index contributed by atoms with van der Waals surface area (Å²) in [6, 6.07) is 8.32. The van der Waals surface area contributed by atoms with E-state index in [1.165, 1.54) is 17.6 Å². The molecule has 0 spiro atoms. The summed E-state index contributed by atoms with van der Waals surface area (Å²) in [5.41, 5.74) is 1.17. The molecule has 0 aliphatic heterocycles. The van der Waals surface area contributed by atoms with Crippen LogP contribution in [0.15, 0.2) is 29.2 Å². The van der Waals surface area contributed by atoms with Gasteiger partial charge in [0, 0.05) is 30.5 Å². The zero-order chi connectivity index (χ0) is 12.0. The predicted molar refractivity (Wildman–Crippen MR) is 68.7 cm³/mol. The highest BCUT2D eigenvalue weighted by molar-refractivity contribution is 7.94. The fourth-order valence-electron chi connectivity index (χ4n) is 1.09. The van der Waals surface area contributed by atoms with E-state index in [-0.39, 0.29) is 5.60 Å². The molecule has 0 aliphatic rings. The van der Waals surface area contributed by atoms with Crippen molar-refractivity contribution in [2.24, 2.45) is 0 Å². The van der Waals surface area contributed by atoms with Gasteiger partial charge >= 0.3 is 0 Å². The molecule has 0 N–H and O–H groups in total. The third-order valence-corrected chi connectivity index (χ3v) is 3.27. The zero-order valence-electron chi connectivity index (χ0n) is 10.4. The molecule has 1 aromatic carbocycles. The molecule has 0 unspecified atom stereocenters. The van der Waals surface area contributed by atoms with Crippen molar-refractivity contribution in [3.63, 3.8) is 0 Å². The minimum atomic E-state index is -0.103. The molecule has 1 rings (SSSR count). The summed E-state index contributed by atoms with van der Waals surface area (Å²) >= 11 is 1.42. The third-order valence-electron chi connectivity index (χ3n) is 2.52. The number of aryl methyl sites for hydroxylation is 1.